The van der Waals surface area contributed by atoms with Gasteiger partial charge in [-0.3, -0.25) is 4.79 Å². The summed E-state index contributed by atoms with van der Waals surface area (Å²) >= 11 is 0. The number of rotatable bonds is 6. The van der Waals surface area contributed by atoms with E-state index in [2.05, 4.69) is 20.4 Å². The minimum Gasteiger partial charge on any atom is -0.395 e. The molecule has 1 aromatic heterocycles. The molecule has 0 radical (unpaired) electrons. The van der Waals surface area contributed by atoms with E-state index in [9.17, 15) is 4.79 Å². The molecule has 0 spiro atoms. The van der Waals surface area contributed by atoms with E-state index >= 15 is 0 Å². The standard InChI is InChI=1S/C10H15N3O3/c1-16-7-10(15)13-8-2-3-9(12-6-8)11-4-5-14/h2-3,6,14H,4-5,7H2,1H3,(H,11,12)(H,13,15). The lowest BCUT2D eigenvalue weighted by molar-refractivity contribution is -0.119. The summed E-state index contributed by atoms with van der Waals surface area (Å²) in [5, 5.41) is 14.1. The number of amides is 1. The molecule has 0 aliphatic heterocycles. The molecule has 88 valence electrons. The Balaban J connectivity index is 2.47. The topological polar surface area (TPSA) is 83.5 Å². The summed E-state index contributed by atoms with van der Waals surface area (Å²) in [6, 6.07) is 3.44. The first-order chi connectivity index (χ1) is 7.76. The van der Waals surface area contributed by atoms with Crippen molar-refractivity contribution in [2.24, 2.45) is 0 Å². The normalized spacial score (nSPS) is 9.88. The fourth-order valence-corrected chi connectivity index (χ4v) is 1.08. The largest absolute Gasteiger partial charge is 0.395 e. The van der Waals surface area contributed by atoms with Crippen LogP contribution in [0.3, 0.4) is 0 Å². The van der Waals surface area contributed by atoms with Gasteiger partial charge in [-0.2, -0.15) is 0 Å². The minimum atomic E-state index is -0.222. The van der Waals surface area contributed by atoms with Gasteiger partial charge in [0.05, 0.1) is 18.5 Å². The molecule has 1 amide bonds. The minimum absolute atomic E-state index is 0.0184. The highest BCUT2D eigenvalue weighted by atomic mass is 16.5. The Morgan fingerprint density at radius 1 is 1.56 bits per heavy atom. The molecular formula is C10H15N3O3. The van der Waals surface area contributed by atoms with Gasteiger partial charge in [0, 0.05) is 13.7 Å². The van der Waals surface area contributed by atoms with Gasteiger partial charge < -0.3 is 20.5 Å². The predicted molar refractivity (Wildman–Crippen MR) is 60.3 cm³/mol. The zero-order chi connectivity index (χ0) is 11.8. The van der Waals surface area contributed by atoms with Crippen molar-refractivity contribution in [1.82, 2.24) is 4.98 Å². The molecule has 0 atom stereocenters. The van der Waals surface area contributed by atoms with Gasteiger partial charge >= 0.3 is 0 Å². The van der Waals surface area contributed by atoms with Gasteiger partial charge in [-0.1, -0.05) is 0 Å². The summed E-state index contributed by atoms with van der Waals surface area (Å²) in [6.07, 6.45) is 1.53. The van der Waals surface area contributed by atoms with E-state index in [1.165, 1.54) is 13.3 Å². The Labute approximate surface area is 93.6 Å². The van der Waals surface area contributed by atoms with Crippen LogP contribution in [-0.2, 0) is 9.53 Å². The fraction of sp³-hybridized carbons (Fsp3) is 0.400. The van der Waals surface area contributed by atoms with E-state index in [1.807, 2.05) is 0 Å². The monoisotopic (exact) mass is 225 g/mol. The number of hydrogen-bond acceptors (Lipinski definition) is 5. The summed E-state index contributed by atoms with van der Waals surface area (Å²) in [5.41, 5.74) is 0.608. The number of aromatic nitrogens is 1. The van der Waals surface area contributed by atoms with E-state index in [0.29, 0.717) is 18.1 Å². The Morgan fingerprint density at radius 2 is 2.38 bits per heavy atom. The molecule has 0 aliphatic rings. The molecule has 3 N–H and O–H groups in total. The molecule has 0 unspecified atom stereocenters. The lowest BCUT2D eigenvalue weighted by atomic mass is 10.4. The molecule has 6 heteroatoms. The third-order valence-electron chi connectivity index (χ3n) is 1.74. The van der Waals surface area contributed by atoms with E-state index in [0.717, 1.165) is 0 Å². The van der Waals surface area contributed by atoms with Crippen molar-refractivity contribution in [2.45, 2.75) is 0 Å². The van der Waals surface area contributed by atoms with Crippen LogP contribution in [0.2, 0.25) is 0 Å². The van der Waals surface area contributed by atoms with Crippen molar-refractivity contribution in [3.63, 3.8) is 0 Å². The Hall–Kier alpha value is -1.66. The number of hydrogen-bond donors (Lipinski definition) is 3. The van der Waals surface area contributed by atoms with Crippen molar-refractivity contribution < 1.29 is 14.6 Å². The van der Waals surface area contributed by atoms with Crippen molar-refractivity contribution in [3.8, 4) is 0 Å². The van der Waals surface area contributed by atoms with Gasteiger partial charge in [0.15, 0.2) is 0 Å². The molecule has 0 saturated carbocycles. The summed E-state index contributed by atoms with van der Waals surface area (Å²) in [4.78, 5) is 15.2. The maximum atomic E-state index is 11.2. The van der Waals surface area contributed by atoms with Crippen molar-refractivity contribution in [2.75, 3.05) is 37.5 Å². The molecule has 0 aromatic carbocycles. The number of carbonyl (C=O) groups excluding carboxylic acids is 1. The molecule has 6 nitrogen and oxygen atoms in total. The lowest BCUT2D eigenvalue weighted by Gasteiger charge is -2.06. The fourth-order valence-electron chi connectivity index (χ4n) is 1.08. The van der Waals surface area contributed by atoms with Crippen LogP contribution in [0.1, 0.15) is 0 Å². The van der Waals surface area contributed by atoms with Gasteiger partial charge in [-0.05, 0) is 12.1 Å². The Bertz CT molecular complexity index is 327. The number of anilines is 2. The number of ether oxygens (including phenoxy) is 1. The number of carbonyl (C=O) groups is 1. The first-order valence-corrected chi connectivity index (χ1v) is 4.86. The SMILES string of the molecule is COCC(=O)Nc1ccc(NCCO)nc1. The van der Waals surface area contributed by atoms with Crippen LogP contribution in [0.25, 0.3) is 0 Å². The lowest BCUT2D eigenvalue weighted by Crippen LogP contribution is -2.17. The van der Waals surface area contributed by atoms with Gasteiger partial charge in [0.25, 0.3) is 0 Å². The number of aliphatic hydroxyl groups is 1. The molecule has 0 saturated heterocycles. The quantitative estimate of drug-likeness (QED) is 0.638. The Kier molecular flexibility index (Phi) is 5.24. The third kappa shape index (κ3) is 4.24. The molecule has 0 aliphatic carbocycles. The summed E-state index contributed by atoms with van der Waals surface area (Å²) < 4.78 is 4.68. The summed E-state index contributed by atoms with van der Waals surface area (Å²) in [5.74, 6) is 0.430. The number of pyridine rings is 1. The van der Waals surface area contributed by atoms with E-state index in [4.69, 9.17) is 5.11 Å². The molecule has 0 bridgehead atoms. The second-order valence-electron chi connectivity index (χ2n) is 3.06. The molecule has 1 aromatic rings. The summed E-state index contributed by atoms with van der Waals surface area (Å²) in [6.45, 7) is 0.515. The van der Waals surface area contributed by atoms with E-state index < -0.39 is 0 Å². The van der Waals surface area contributed by atoms with Crippen LogP contribution >= 0.6 is 0 Å². The number of nitrogens with one attached hydrogen (secondary N) is 2. The number of methoxy groups -OCH3 is 1. The average Bonchev–Trinajstić information content (AvgIpc) is 2.28. The Morgan fingerprint density at radius 3 is 2.94 bits per heavy atom. The smallest absolute Gasteiger partial charge is 0.250 e. The van der Waals surface area contributed by atoms with Crippen LogP contribution < -0.4 is 10.6 Å². The molecule has 1 heterocycles. The van der Waals surface area contributed by atoms with Crippen LogP contribution in [0.5, 0.6) is 0 Å². The van der Waals surface area contributed by atoms with E-state index in [1.54, 1.807) is 12.1 Å². The van der Waals surface area contributed by atoms with Crippen LogP contribution in [0.15, 0.2) is 18.3 Å². The van der Waals surface area contributed by atoms with Crippen molar-refractivity contribution in [3.05, 3.63) is 18.3 Å². The van der Waals surface area contributed by atoms with Crippen LogP contribution in [-0.4, -0.2) is 42.9 Å². The average molecular weight is 225 g/mol. The zero-order valence-corrected chi connectivity index (χ0v) is 9.06. The van der Waals surface area contributed by atoms with Crippen molar-refractivity contribution >= 4 is 17.4 Å². The second-order valence-corrected chi connectivity index (χ2v) is 3.06. The zero-order valence-electron chi connectivity index (χ0n) is 9.06. The second kappa shape index (κ2) is 6.76. The van der Waals surface area contributed by atoms with Gasteiger partial charge in [-0.15, -0.1) is 0 Å². The maximum Gasteiger partial charge on any atom is 0.250 e. The third-order valence-corrected chi connectivity index (χ3v) is 1.74. The highest BCUT2D eigenvalue weighted by Gasteiger charge is 2.01. The van der Waals surface area contributed by atoms with Gasteiger partial charge in [0.1, 0.15) is 12.4 Å². The molecule has 0 fully saturated rings. The van der Waals surface area contributed by atoms with Crippen LogP contribution in [0, 0.1) is 0 Å². The molecular weight excluding hydrogens is 210 g/mol. The highest BCUT2D eigenvalue weighted by Crippen LogP contribution is 2.09. The molecule has 16 heavy (non-hydrogen) atoms. The maximum absolute atomic E-state index is 11.2. The summed E-state index contributed by atoms with van der Waals surface area (Å²) in [7, 11) is 1.46. The highest BCUT2D eigenvalue weighted by molar-refractivity contribution is 5.91. The number of aliphatic hydroxyl groups excluding tert-OH is 1. The number of nitrogens with zero attached hydrogens (tertiary/aromatic N) is 1. The predicted octanol–water partition coefficient (Wildman–Crippen LogP) is 0.0707. The molecule has 1 rings (SSSR count). The van der Waals surface area contributed by atoms with Crippen LogP contribution in [0.4, 0.5) is 11.5 Å². The first-order valence-electron chi connectivity index (χ1n) is 4.86. The van der Waals surface area contributed by atoms with Gasteiger partial charge in [0.2, 0.25) is 5.91 Å². The van der Waals surface area contributed by atoms with Gasteiger partial charge in [-0.25, -0.2) is 4.98 Å². The first kappa shape index (κ1) is 12.4. The van der Waals surface area contributed by atoms with E-state index in [-0.39, 0.29) is 19.1 Å². The van der Waals surface area contributed by atoms with Crippen molar-refractivity contribution in [1.29, 1.82) is 0 Å².